The number of hydrogen-bond acceptors (Lipinski definition) is 5. The number of nitrogens with two attached hydrogens (primary N) is 1. The summed E-state index contributed by atoms with van der Waals surface area (Å²) in [6.07, 6.45) is 5.70. The van der Waals surface area contributed by atoms with E-state index in [1.165, 1.54) is 6.33 Å². The molecule has 2 N–H and O–H groups in total. The summed E-state index contributed by atoms with van der Waals surface area (Å²) in [4.78, 5) is 8.58. The van der Waals surface area contributed by atoms with Crippen LogP contribution in [0.15, 0.2) is 18.5 Å². The fraction of sp³-hybridized carbons (Fsp3) is 0.267. The van der Waals surface area contributed by atoms with Crippen LogP contribution in [0.4, 0.5) is 5.69 Å². The SMILES string of the molecule is N#Cc1cc(N)c(Oc2ncnc3c2CCCC3)c(I)c1. The van der Waals surface area contributed by atoms with Gasteiger partial charge < -0.3 is 10.5 Å². The van der Waals surface area contributed by atoms with Gasteiger partial charge in [-0.25, -0.2) is 9.97 Å². The summed E-state index contributed by atoms with van der Waals surface area (Å²) < 4.78 is 6.74. The van der Waals surface area contributed by atoms with Crippen molar-refractivity contribution in [3.8, 4) is 17.7 Å². The van der Waals surface area contributed by atoms with Crippen molar-refractivity contribution < 1.29 is 4.74 Å². The Bertz CT molecular complexity index is 716. The molecule has 0 spiro atoms. The van der Waals surface area contributed by atoms with Gasteiger partial charge in [0.25, 0.3) is 0 Å². The lowest BCUT2D eigenvalue weighted by atomic mass is 9.97. The Morgan fingerprint density at radius 2 is 2.05 bits per heavy atom. The van der Waals surface area contributed by atoms with Crippen LogP contribution in [-0.4, -0.2) is 9.97 Å². The van der Waals surface area contributed by atoms with Crippen molar-refractivity contribution in [1.82, 2.24) is 9.97 Å². The van der Waals surface area contributed by atoms with Crippen LogP contribution in [0.1, 0.15) is 29.7 Å². The Kier molecular flexibility index (Phi) is 3.92. The second-order valence-corrected chi connectivity index (χ2v) is 6.06. The third-order valence-corrected chi connectivity index (χ3v) is 4.29. The molecule has 0 saturated carbocycles. The number of nitrogens with zero attached hydrogens (tertiary/aromatic N) is 3. The van der Waals surface area contributed by atoms with Crippen LogP contribution in [-0.2, 0) is 12.8 Å². The Morgan fingerprint density at radius 3 is 2.81 bits per heavy atom. The first-order chi connectivity index (χ1) is 10.2. The lowest BCUT2D eigenvalue weighted by Crippen LogP contribution is -2.09. The molecule has 106 valence electrons. The van der Waals surface area contributed by atoms with Crippen molar-refractivity contribution in [1.29, 1.82) is 5.26 Å². The van der Waals surface area contributed by atoms with E-state index in [1.807, 2.05) is 0 Å². The van der Waals surface area contributed by atoms with Crippen LogP contribution in [0, 0.1) is 14.9 Å². The highest BCUT2D eigenvalue weighted by atomic mass is 127. The highest BCUT2D eigenvalue weighted by Crippen LogP contribution is 2.35. The van der Waals surface area contributed by atoms with E-state index in [4.69, 9.17) is 15.7 Å². The normalized spacial score (nSPS) is 13.3. The monoisotopic (exact) mass is 392 g/mol. The molecule has 1 aliphatic rings. The summed E-state index contributed by atoms with van der Waals surface area (Å²) in [5.41, 5.74) is 9.10. The van der Waals surface area contributed by atoms with Crippen molar-refractivity contribution in [2.75, 3.05) is 5.73 Å². The number of aryl methyl sites for hydroxylation is 1. The third kappa shape index (κ3) is 2.78. The van der Waals surface area contributed by atoms with Gasteiger partial charge in [0, 0.05) is 5.56 Å². The zero-order valence-electron chi connectivity index (χ0n) is 11.3. The molecule has 0 atom stereocenters. The van der Waals surface area contributed by atoms with Crippen LogP contribution < -0.4 is 10.5 Å². The molecule has 6 heteroatoms. The third-order valence-electron chi connectivity index (χ3n) is 3.49. The maximum atomic E-state index is 8.95. The number of aromatic nitrogens is 2. The molecule has 3 rings (SSSR count). The zero-order valence-corrected chi connectivity index (χ0v) is 13.4. The molecule has 1 aliphatic carbocycles. The summed E-state index contributed by atoms with van der Waals surface area (Å²) in [5, 5.41) is 8.95. The van der Waals surface area contributed by atoms with E-state index >= 15 is 0 Å². The van der Waals surface area contributed by atoms with E-state index in [0.717, 1.165) is 40.5 Å². The topological polar surface area (TPSA) is 84.8 Å². The minimum absolute atomic E-state index is 0.446. The van der Waals surface area contributed by atoms with Gasteiger partial charge in [0.15, 0.2) is 5.75 Å². The smallest absolute Gasteiger partial charge is 0.225 e. The van der Waals surface area contributed by atoms with Crippen LogP contribution in [0.25, 0.3) is 0 Å². The van der Waals surface area contributed by atoms with E-state index < -0.39 is 0 Å². The predicted molar refractivity (Wildman–Crippen MR) is 87.0 cm³/mol. The van der Waals surface area contributed by atoms with Crippen LogP contribution in [0.5, 0.6) is 11.6 Å². The predicted octanol–water partition coefficient (Wildman–Crippen LogP) is 3.21. The molecule has 0 radical (unpaired) electrons. The highest BCUT2D eigenvalue weighted by molar-refractivity contribution is 14.1. The molecular formula is C15H13IN4O. The number of halogens is 1. The average Bonchev–Trinajstić information content (AvgIpc) is 2.50. The summed E-state index contributed by atoms with van der Waals surface area (Å²) in [6.45, 7) is 0. The second-order valence-electron chi connectivity index (χ2n) is 4.90. The van der Waals surface area contributed by atoms with E-state index in [1.54, 1.807) is 12.1 Å². The number of hydrogen-bond donors (Lipinski definition) is 1. The largest absolute Gasteiger partial charge is 0.435 e. The van der Waals surface area contributed by atoms with Crippen LogP contribution in [0.3, 0.4) is 0 Å². The van der Waals surface area contributed by atoms with E-state index in [9.17, 15) is 0 Å². The van der Waals surface area contributed by atoms with Crippen LogP contribution in [0.2, 0.25) is 0 Å². The van der Waals surface area contributed by atoms with Gasteiger partial charge in [-0.3, -0.25) is 0 Å². The number of nitriles is 1. The molecule has 21 heavy (non-hydrogen) atoms. The van der Waals surface area contributed by atoms with E-state index in [-0.39, 0.29) is 0 Å². The van der Waals surface area contributed by atoms with Gasteiger partial charge in [-0.05, 0) is 60.4 Å². The number of ether oxygens (including phenoxy) is 1. The van der Waals surface area contributed by atoms with Crippen molar-refractivity contribution in [3.05, 3.63) is 38.9 Å². The second kappa shape index (κ2) is 5.85. The fourth-order valence-electron chi connectivity index (χ4n) is 2.46. The van der Waals surface area contributed by atoms with Crippen LogP contribution >= 0.6 is 22.6 Å². The molecule has 0 aliphatic heterocycles. The minimum atomic E-state index is 0.446. The molecule has 1 heterocycles. The Labute approximate surface area is 136 Å². The number of nitrogen functional groups attached to an aromatic ring is 1. The first-order valence-corrected chi connectivity index (χ1v) is 7.76. The molecule has 5 nitrogen and oxygen atoms in total. The van der Waals surface area contributed by atoms with Crippen molar-refractivity contribution in [3.63, 3.8) is 0 Å². The van der Waals surface area contributed by atoms with Crippen molar-refractivity contribution in [2.45, 2.75) is 25.7 Å². The van der Waals surface area contributed by atoms with Crippen molar-refractivity contribution in [2.24, 2.45) is 0 Å². The number of rotatable bonds is 2. The lowest BCUT2D eigenvalue weighted by Gasteiger charge is -2.18. The summed E-state index contributed by atoms with van der Waals surface area (Å²) in [6, 6.07) is 5.45. The van der Waals surface area contributed by atoms with E-state index in [0.29, 0.717) is 22.9 Å². The Hall–Kier alpha value is -1.88. The lowest BCUT2D eigenvalue weighted by molar-refractivity contribution is 0.446. The summed E-state index contributed by atoms with van der Waals surface area (Å²) in [7, 11) is 0. The molecule has 0 unspecified atom stereocenters. The van der Waals surface area contributed by atoms with Gasteiger partial charge in [-0.15, -0.1) is 0 Å². The molecule has 0 fully saturated rings. The molecule has 0 amide bonds. The first kappa shape index (κ1) is 14.1. The quantitative estimate of drug-likeness (QED) is 0.627. The summed E-state index contributed by atoms with van der Waals surface area (Å²) >= 11 is 2.12. The highest BCUT2D eigenvalue weighted by Gasteiger charge is 2.19. The summed E-state index contributed by atoms with van der Waals surface area (Å²) in [5.74, 6) is 1.13. The maximum Gasteiger partial charge on any atom is 0.225 e. The Balaban J connectivity index is 2.00. The number of benzene rings is 1. The molecule has 1 aromatic carbocycles. The van der Waals surface area contributed by atoms with Gasteiger partial charge in [0.05, 0.1) is 26.6 Å². The molecule has 0 bridgehead atoms. The van der Waals surface area contributed by atoms with E-state index in [2.05, 4.69) is 38.6 Å². The number of fused-ring (bicyclic) bond motifs is 1. The standard InChI is InChI=1S/C15H13IN4O/c16-11-5-9(7-17)6-12(18)14(11)21-15-10-3-1-2-4-13(10)19-8-20-15/h5-6,8H,1-4,18H2. The number of anilines is 1. The van der Waals surface area contributed by atoms with Crippen molar-refractivity contribution >= 4 is 28.3 Å². The van der Waals surface area contributed by atoms with Gasteiger partial charge in [0.1, 0.15) is 6.33 Å². The molecule has 0 saturated heterocycles. The molecular weight excluding hydrogens is 379 g/mol. The zero-order chi connectivity index (χ0) is 14.8. The molecule has 1 aromatic heterocycles. The van der Waals surface area contributed by atoms with Gasteiger partial charge in [-0.1, -0.05) is 0 Å². The maximum absolute atomic E-state index is 8.95. The van der Waals surface area contributed by atoms with Gasteiger partial charge in [0.2, 0.25) is 5.88 Å². The Morgan fingerprint density at radius 1 is 1.24 bits per heavy atom. The fourth-order valence-corrected chi connectivity index (χ4v) is 3.22. The molecule has 2 aromatic rings. The minimum Gasteiger partial charge on any atom is -0.435 e. The van der Waals surface area contributed by atoms with Gasteiger partial charge >= 0.3 is 0 Å². The average molecular weight is 392 g/mol. The van der Waals surface area contributed by atoms with Gasteiger partial charge in [-0.2, -0.15) is 5.26 Å². The first-order valence-electron chi connectivity index (χ1n) is 6.68.